The van der Waals surface area contributed by atoms with Crippen molar-refractivity contribution in [2.24, 2.45) is 0 Å². The zero-order chi connectivity index (χ0) is 14.8. The van der Waals surface area contributed by atoms with Crippen molar-refractivity contribution in [1.82, 2.24) is 9.97 Å². The van der Waals surface area contributed by atoms with Gasteiger partial charge >= 0.3 is 0 Å². The summed E-state index contributed by atoms with van der Waals surface area (Å²) in [7, 11) is 0. The van der Waals surface area contributed by atoms with Gasteiger partial charge in [0.05, 0.1) is 11.9 Å². The number of H-pyrrole nitrogens is 1. The maximum Gasteiger partial charge on any atom is 0.137 e. The van der Waals surface area contributed by atoms with Crippen molar-refractivity contribution in [3.63, 3.8) is 0 Å². The number of hydrogen-bond acceptors (Lipinski definition) is 3. The van der Waals surface area contributed by atoms with Gasteiger partial charge in [-0.25, -0.2) is 4.98 Å². The summed E-state index contributed by atoms with van der Waals surface area (Å²) in [5.41, 5.74) is 4.35. The lowest BCUT2D eigenvalue weighted by molar-refractivity contribution is 0.578. The predicted octanol–water partition coefficient (Wildman–Crippen LogP) is 4.30. The Balaban J connectivity index is 1.50. The summed E-state index contributed by atoms with van der Waals surface area (Å²) >= 11 is 0. The number of fused-ring (bicyclic) bond motifs is 1. The van der Waals surface area contributed by atoms with Crippen molar-refractivity contribution in [1.29, 1.82) is 0 Å². The molecule has 0 atom stereocenters. The van der Waals surface area contributed by atoms with Crippen LogP contribution in [-0.4, -0.2) is 23.1 Å². The van der Waals surface area contributed by atoms with Gasteiger partial charge < -0.3 is 15.2 Å². The number of pyridine rings is 1. The fourth-order valence-corrected chi connectivity index (χ4v) is 3.08. The van der Waals surface area contributed by atoms with E-state index in [1.165, 1.54) is 38.0 Å². The number of benzene rings is 1. The van der Waals surface area contributed by atoms with Crippen LogP contribution in [0.3, 0.4) is 0 Å². The van der Waals surface area contributed by atoms with E-state index >= 15 is 0 Å². The van der Waals surface area contributed by atoms with E-state index in [0.717, 1.165) is 22.4 Å². The minimum atomic E-state index is 0.922. The van der Waals surface area contributed by atoms with Gasteiger partial charge in [0, 0.05) is 36.0 Å². The Morgan fingerprint density at radius 2 is 1.77 bits per heavy atom. The molecule has 1 aliphatic heterocycles. The van der Waals surface area contributed by atoms with Crippen LogP contribution in [0, 0.1) is 0 Å². The fraction of sp³-hybridized carbons (Fsp3) is 0.278. The molecule has 3 heterocycles. The Hall–Kier alpha value is -2.49. The number of aromatic amines is 1. The highest BCUT2D eigenvalue weighted by molar-refractivity contribution is 5.80. The lowest BCUT2D eigenvalue weighted by Crippen LogP contribution is -2.29. The van der Waals surface area contributed by atoms with Crippen LogP contribution in [0.25, 0.3) is 11.0 Å². The van der Waals surface area contributed by atoms with Crippen LogP contribution in [0.4, 0.5) is 17.1 Å². The van der Waals surface area contributed by atoms with E-state index < -0.39 is 0 Å². The summed E-state index contributed by atoms with van der Waals surface area (Å²) in [6.07, 6.45) is 7.75. The smallest absolute Gasteiger partial charge is 0.137 e. The van der Waals surface area contributed by atoms with Gasteiger partial charge in [-0.2, -0.15) is 0 Å². The van der Waals surface area contributed by atoms with Crippen molar-refractivity contribution in [2.45, 2.75) is 19.3 Å². The number of nitrogens with zero attached hydrogens (tertiary/aromatic N) is 2. The van der Waals surface area contributed by atoms with Crippen molar-refractivity contribution in [3.8, 4) is 0 Å². The molecule has 2 aromatic heterocycles. The van der Waals surface area contributed by atoms with Gasteiger partial charge in [-0.15, -0.1) is 0 Å². The highest BCUT2D eigenvalue weighted by Gasteiger charge is 2.10. The van der Waals surface area contributed by atoms with E-state index in [-0.39, 0.29) is 0 Å². The van der Waals surface area contributed by atoms with E-state index in [1.54, 1.807) is 0 Å². The summed E-state index contributed by atoms with van der Waals surface area (Å²) in [6, 6.07) is 12.8. The zero-order valence-corrected chi connectivity index (χ0v) is 12.5. The van der Waals surface area contributed by atoms with Crippen molar-refractivity contribution in [2.75, 3.05) is 23.3 Å². The normalized spacial score (nSPS) is 15.2. The summed E-state index contributed by atoms with van der Waals surface area (Å²) < 4.78 is 0. The third-order valence-electron chi connectivity index (χ3n) is 4.28. The van der Waals surface area contributed by atoms with Crippen LogP contribution in [0.15, 0.2) is 48.8 Å². The Morgan fingerprint density at radius 3 is 2.59 bits per heavy atom. The number of rotatable bonds is 3. The SMILES string of the molecule is c1cc2cc(Nc3ccc(N4CCCCC4)cc3)cnc2[nH]1. The number of aromatic nitrogens is 2. The second-order valence-corrected chi connectivity index (χ2v) is 5.86. The molecule has 4 nitrogen and oxygen atoms in total. The molecule has 0 bridgehead atoms. The molecule has 22 heavy (non-hydrogen) atoms. The molecule has 4 rings (SSSR count). The standard InChI is InChI=1S/C18H20N4/c1-2-10-22(11-3-1)17-6-4-15(5-7-17)21-16-12-14-8-9-19-18(14)20-13-16/h4-9,12-13,21H,1-3,10-11H2,(H,19,20). The Kier molecular flexibility index (Phi) is 3.43. The van der Waals surface area contributed by atoms with Crippen molar-refractivity contribution >= 4 is 28.1 Å². The molecule has 0 unspecified atom stereocenters. The van der Waals surface area contributed by atoms with Crippen molar-refractivity contribution in [3.05, 3.63) is 48.8 Å². The average molecular weight is 292 g/mol. The Morgan fingerprint density at radius 1 is 0.955 bits per heavy atom. The van der Waals surface area contributed by atoms with Crippen LogP contribution >= 0.6 is 0 Å². The molecule has 1 aliphatic rings. The van der Waals surface area contributed by atoms with E-state index in [9.17, 15) is 0 Å². The Labute approximate surface area is 130 Å². The molecule has 3 aromatic rings. The minimum Gasteiger partial charge on any atom is -0.372 e. The van der Waals surface area contributed by atoms with E-state index in [2.05, 4.69) is 50.5 Å². The van der Waals surface area contributed by atoms with Crippen LogP contribution in [0.1, 0.15) is 19.3 Å². The maximum absolute atomic E-state index is 4.40. The van der Waals surface area contributed by atoms with E-state index in [1.807, 2.05) is 18.5 Å². The van der Waals surface area contributed by atoms with E-state index in [4.69, 9.17) is 0 Å². The molecule has 1 aromatic carbocycles. The molecule has 112 valence electrons. The molecular formula is C18H20N4. The Bertz CT molecular complexity index is 754. The van der Waals surface area contributed by atoms with Crippen molar-refractivity contribution < 1.29 is 0 Å². The highest BCUT2D eigenvalue weighted by atomic mass is 15.1. The summed E-state index contributed by atoms with van der Waals surface area (Å²) in [5.74, 6) is 0. The van der Waals surface area contributed by atoms with Gasteiger partial charge in [-0.1, -0.05) is 0 Å². The largest absolute Gasteiger partial charge is 0.372 e. The molecule has 1 saturated heterocycles. The fourth-order valence-electron chi connectivity index (χ4n) is 3.08. The number of nitrogens with one attached hydrogen (secondary N) is 2. The topological polar surface area (TPSA) is 44.0 Å². The molecule has 0 saturated carbocycles. The van der Waals surface area contributed by atoms with Gasteiger partial charge in [0.1, 0.15) is 5.65 Å². The first-order valence-corrected chi connectivity index (χ1v) is 7.94. The second-order valence-electron chi connectivity index (χ2n) is 5.86. The zero-order valence-electron chi connectivity index (χ0n) is 12.5. The highest BCUT2D eigenvalue weighted by Crippen LogP contribution is 2.24. The molecule has 0 aliphatic carbocycles. The molecule has 0 amide bonds. The molecule has 2 N–H and O–H groups in total. The molecule has 0 radical (unpaired) electrons. The lowest BCUT2D eigenvalue weighted by Gasteiger charge is -2.28. The third kappa shape index (κ3) is 2.64. The van der Waals surface area contributed by atoms with Gasteiger partial charge in [0.2, 0.25) is 0 Å². The van der Waals surface area contributed by atoms with Crippen LogP contribution in [0.5, 0.6) is 0 Å². The quantitative estimate of drug-likeness (QED) is 0.756. The second kappa shape index (κ2) is 5.72. The van der Waals surface area contributed by atoms with Gasteiger partial charge in [-0.3, -0.25) is 0 Å². The van der Waals surface area contributed by atoms with Gasteiger partial charge in [0.15, 0.2) is 0 Å². The number of piperidine rings is 1. The van der Waals surface area contributed by atoms with Crippen LogP contribution in [-0.2, 0) is 0 Å². The number of anilines is 3. The lowest BCUT2D eigenvalue weighted by atomic mass is 10.1. The third-order valence-corrected chi connectivity index (χ3v) is 4.28. The monoisotopic (exact) mass is 292 g/mol. The van der Waals surface area contributed by atoms with Gasteiger partial charge in [-0.05, 0) is 55.7 Å². The molecule has 0 spiro atoms. The first-order chi connectivity index (χ1) is 10.9. The average Bonchev–Trinajstić information content (AvgIpc) is 3.04. The van der Waals surface area contributed by atoms with E-state index in [0.29, 0.717) is 0 Å². The summed E-state index contributed by atoms with van der Waals surface area (Å²) in [5, 5.41) is 4.54. The molecule has 4 heteroatoms. The van der Waals surface area contributed by atoms with Crippen LogP contribution in [0.2, 0.25) is 0 Å². The number of hydrogen-bond donors (Lipinski definition) is 2. The summed E-state index contributed by atoms with van der Waals surface area (Å²) in [4.78, 5) is 9.98. The first kappa shape index (κ1) is 13.2. The predicted molar refractivity (Wildman–Crippen MR) is 91.9 cm³/mol. The summed E-state index contributed by atoms with van der Waals surface area (Å²) in [6.45, 7) is 2.36. The first-order valence-electron chi connectivity index (χ1n) is 7.94. The minimum absolute atomic E-state index is 0.922. The maximum atomic E-state index is 4.40. The molecule has 1 fully saturated rings. The molecular weight excluding hydrogens is 272 g/mol. The van der Waals surface area contributed by atoms with Gasteiger partial charge in [0.25, 0.3) is 0 Å². The van der Waals surface area contributed by atoms with Crippen LogP contribution < -0.4 is 10.2 Å².